The van der Waals surface area contributed by atoms with Gasteiger partial charge in [0.2, 0.25) is 0 Å². The Kier molecular flexibility index (Phi) is 3.75. The van der Waals surface area contributed by atoms with Crippen LogP contribution in [-0.2, 0) is 4.74 Å². The van der Waals surface area contributed by atoms with Crippen molar-refractivity contribution in [3.8, 4) is 12.3 Å². The van der Waals surface area contributed by atoms with Crippen molar-refractivity contribution in [2.24, 2.45) is 0 Å². The standard InChI is InChI=1S/C12H13ClN2O5/c1-3-12(13)9(18)8(6(2)16)20-10(12)15-5-4-7(17)14-11(15)19/h1,4-6,8-10,16,18H,2H3,(H,14,17,19)/t6-,8+,9-,10+,12?/m0/s1. The normalized spacial score (nSPS) is 34.6. The maximum absolute atomic E-state index is 11.8. The molecule has 0 aromatic carbocycles. The highest BCUT2D eigenvalue weighted by Gasteiger charge is 2.57. The lowest BCUT2D eigenvalue weighted by molar-refractivity contribution is -0.0773. The second-order valence-corrected chi connectivity index (χ2v) is 5.19. The van der Waals surface area contributed by atoms with Crippen molar-refractivity contribution in [1.82, 2.24) is 9.55 Å². The number of aliphatic hydroxyl groups excluding tert-OH is 2. The van der Waals surface area contributed by atoms with Crippen LogP contribution in [0.1, 0.15) is 13.2 Å². The summed E-state index contributed by atoms with van der Waals surface area (Å²) in [5, 5.41) is 19.7. The summed E-state index contributed by atoms with van der Waals surface area (Å²) in [6.07, 6.45) is 1.82. The molecule has 0 radical (unpaired) electrons. The van der Waals surface area contributed by atoms with Gasteiger partial charge >= 0.3 is 5.69 Å². The molecule has 1 aliphatic rings. The lowest BCUT2D eigenvalue weighted by atomic mass is 9.97. The van der Waals surface area contributed by atoms with Crippen LogP contribution < -0.4 is 11.2 Å². The zero-order chi connectivity index (χ0) is 15.1. The van der Waals surface area contributed by atoms with E-state index in [4.69, 9.17) is 22.8 Å². The van der Waals surface area contributed by atoms with Crippen molar-refractivity contribution in [2.45, 2.75) is 36.3 Å². The highest BCUT2D eigenvalue weighted by Crippen LogP contribution is 2.43. The molecule has 1 fully saturated rings. The number of nitrogens with one attached hydrogen (secondary N) is 1. The van der Waals surface area contributed by atoms with Gasteiger partial charge in [-0.1, -0.05) is 17.5 Å². The van der Waals surface area contributed by atoms with Crippen LogP contribution in [0.15, 0.2) is 21.9 Å². The molecule has 7 nitrogen and oxygen atoms in total. The lowest BCUT2D eigenvalue weighted by Crippen LogP contribution is -2.45. The molecule has 0 saturated carbocycles. The van der Waals surface area contributed by atoms with E-state index in [1.54, 1.807) is 0 Å². The van der Waals surface area contributed by atoms with Gasteiger partial charge < -0.3 is 14.9 Å². The minimum absolute atomic E-state index is 0.585. The third kappa shape index (κ3) is 2.17. The van der Waals surface area contributed by atoms with E-state index in [2.05, 4.69) is 5.92 Å². The van der Waals surface area contributed by atoms with E-state index in [0.29, 0.717) is 0 Å². The smallest absolute Gasteiger partial charge is 0.330 e. The molecule has 8 heteroatoms. The van der Waals surface area contributed by atoms with Crippen LogP contribution in [0.25, 0.3) is 0 Å². The van der Waals surface area contributed by atoms with E-state index in [9.17, 15) is 19.8 Å². The first-order valence-corrected chi connectivity index (χ1v) is 6.19. The van der Waals surface area contributed by atoms with Crippen LogP contribution in [0.3, 0.4) is 0 Å². The number of halogens is 1. The number of rotatable bonds is 2. The molecule has 0 aliphatic carbocycles. The van der Waals surface area contributed by atoms with E-state index >= 15 is 0 Å². The van der Waals surface area contributed by atoms with E-state index < -0.39 is 40.7 Å². The van der Waals surface area contributed by atoms with Gasteiger partial charge in [-0.3, -0.25) is 14.3 Å². The minimum atomic E-state index is -1.73. The summed E-state index contributed by atoms with van der Waals surface area (Å²) in [5.41, 5.74) is -1.36. The first-order chi connectivity index (χ1) is 9.31. The Balaban J connectivity index is 2.53. The zero-order valence-corrected chi connectivity index (χ0v) is 11.2. The Hall–Kier alpha value is -1.59. The van der Waals surface area contributed by atoms with E-state index in [0.717, 1.165) is 16.8 Å². The van der Waals surface area contributed by atoms with E-state index in [1.165, 1.54) is 6.92 Å². The summed E-state index contributed by atoms with van der Waals surface area (Å²) in [6.45, 7) is 1.40. The topological polar surface area (TPSA) is 105 Å². The van der Waals surface area contributed by atoms with Crippen molar-refractivity contribution < 1.29 is 14.9 Å². The molecule has 1 aromatic rings. The maximum atomic E-state index is 11.8. The Morgan fingerprint density at radius 3 is 2.80 bits per heavy atom. The molecule has 108 valence electrons. The minimum Gasteiger partial charge on any atom is -0.391 e. The second kappa shape index (κ2) is 5.07. The molecule has 0 spiro atoms. The summed E-state index contributed by atoms with van der Waals surface area (Å²) in [4.78, 5) is 23.1. The highest BCUT2D eigenvalue weighted by atomic mass is 35.5. The number of hydrogen-bond donors (Lipinski definition) is 3. The van der Waals surface area contributed by atoms with Gasteiger partial charge in [0, 0.05) is 12.3 Å². The van der Waals surface area contributed by atoms with E-state index in [-0.39, 0.29) is 0 Å². The first-order valence-electron chi connectivity index (χ1n) is 5.81. The van der Waals surface area contributed by atoms with Crippen molar-refractivity contribution in [3.63, 3.8) is 0 Å². The highest BCUT2D eigenvalue weighted by molar-refractivity contribution is 6.27. The van der Waals surface area contributed by atoms with Crippen LogP contribution in [-0.4, -0.2) is 43.0 Å². The molecular weight excluding hydrogens is 288 g/mol. The summed E-state index contributed by atoms with van der Waals surface area (Å²) in [6, 6.07) is 1.10. The van der Waals surface area contributed by atoms with Crippen molar-refractivity contribution in [3.05, 3.63) is 33.1 Å². The summed E-state index contributed by atoms with van der Waals surface area (Å²) in [5.74, 6) is 2.19. The molecule has 1 aromatic heterocycles. The predicted octanol–water partition coefficient (Wildman–Crippen LogP) is -1.21. The fourth-order valence-electron chi connectivity index (χ4n) is 2.12. The van der Waals surface area contributed by atoms with Crippen molar-refractivity contribution in [2.75, 3.05) is 0 Å². The summed E-state index contributed by atoms with van der Waals surface area (Å²) >= 11 is 6.18. The lowest BCUT2D eigenvalue weighted by Gasteiger charge is -2.25. The molecule has 1 aliphatic heterocycles. The van der Waals surface area contributed by atoms with Gasteiger partial charge in [0.1, 0.15) is 12.2 Å². The Morgan fingerprint density at radius 1 is 1.65 bits per heavy atom. The van der Waals surface area contributed by atoms with Gasteiger partial charge in [-0.25, -0.2) is 4.79 Å². The fourth-order valence-corrected chi connectivity index (χ4v) is 2.40. The van der Waals surface area contributed by atoms with E-state index in [1.807, 2.05) is 4.98 Å². The summed E-state index contributed by atoms with van der Waals surface area (Å²) < 4.78 is 6.39. The number of aliphatic hydroxyl groups is 2. The second-order valence-electron chi connectivity index (χ2n) is 4.57. The third-order valence-electron chi connectivity index (χ3n) is 3.19. The number of ether oxygens (including phenoxy) is 1. The number of hydrogen-bond acceptors (Lipinski definition) is 5. The van der Waals surface area contributed by atoms with Crippen LogP contribution in [0.5, 0.6) is 0 Å². The molecule has 0 amide bonds. The van der Waals surface area contributed by atoms with Gasteiger partial charge in [0.05, 0.1) is 6.10 Å². The van der Waals surface area contributed by atoms with Crippen molar-refractivity contribution >= 4 is 11.6 Å². The fraction of sp³-hybridized carbons (Fsp3) is 0.500. The molecular formula is C12H13ClN2O5. The maximum Gasteiger partial charge on any atom is 0.330 e. The third-order valence-corrected chi connectivity index (χ3v) is 3.71. The molecule has 2 rings (SSSR count). The average Bonchev–Trinajstić information content (AvgIpc) is 2.64. The van der Waals surface area contributed by atoms with Gasteiger partial charge in [-0.15, -0.1) is 6.42 Å². The van der Waals surface area contributed by atoms with Crippen molar-refractivity contribution in [1.29, 1.82) is 0 Å². The molecule has 2 heterocycles. The van der Waals surface area contributed by atoms with Crippen LogP contribution in [0.4, 0.5) is 0 Å². The predicted molar refractivity (Wildman–Crippen MR) is 70.3 cm³/mol. The summed E-state index contributed by atoms with van der Waals surface area (Å²) in [7, 11) is 0. The van der Waals surface area contributed by atoms with Gasteiger partial charge in [0.15, 0.2) is 11.1 Å². The Morgan fingerprint density at radius 2 is 2.30 bits per heavy atom. The number of H-pyrrole nitrogens is 1. The zero-order valence-electron chi connectivity index (χ0n) is 10.5. The molecule has 1 unspecified atom stereocenters. The quantitative estimate of drug-likeness (QED) is 0.469. The number of aromatic nitrogens is 2. The molecule has 20 heavy (non-hydrogen) atoms. The van der Waals surface area contributed by atoms with Gasteiger partial charge in [-0.05, 0) is 6.92 Å². The molecule has 1 saturated heterocycles. The largest absolute Gasteiger partial charge is 0.391 e. The van der Waals surface area contributed by atoms with Crippen LogP contribution in [0, 0.1) is 12.3 Å². The Labute approximate surface area is 118 Å². The number of alkyl halides is 1. The number of nitrogens with zero attached hydrogens (tertiary/aromatic N) is 1. The number of aromatic amines is 1. The molecule has 0 bridgehead atoms. The molecule has 5 atom stereocenters. The average molecular weight is 301 g/mol. The molecule has 3 N–H and O–H groups in total. The first kappa shape index (κ1) is 14.8. The monoisotopic (exact) mass is 300 g/mol. The SMILES string of the molecule is C#CC1(Cl)[C@@H](O)[C@@H]([C@H](C)O)O[C@H]1n1ccc(=O)[nH]c1=O. The van der Waals surface area contributed by atoms with Gasteiger partial charge in [0.25, 0.3) is 5.56 Å². The number of terminal acetylenes is 1. The Bertz CT molecular complexity index is 661. The van der Waals surface area contributed by atoms with Gasteiger partial charge in [-0.2, -0.15) is 0 Å². The van der Waals surface area contributed by atoms with Crippen LogP contribution in [0.2, 0.25) is 0 Å². The van der Waals surface area contributed by atoms with Crippen LogP contribution >= 0.6 is 11.6 Å².